The molecule has 10 heteroatoms. The number of phosphoric acid groups is 1. The van der Waals surface area contributed by atoms with Crippen LogP contribution in [0.4, 0.5) is 0 Å². The molecule has 0 fully saturated rings. The maximum Gasteiger partial charge on any atom is 0.472 e. The number of nitrogens with zero attached hydrogens (tertiary/aromatic N) is 1. The molecule has 1 amide bonds. The molecular weight excluding hydrogens is 808 g/mol. The predicted molar refractivity (Wildman–Crippen MR) is 268 cm³/mol. The second-order valence-corrected chi connectivity index (χ2v) is 20.1. The number of likely N-dealkylation sites (N-methyl/N-ethyl adjacent to an activating group) is 1. The van der Waals surface area contributed by atoms with Crippen LogP contribution in [0.1, 0.15) is 226 Å². The number of ether oxygens (including phenoxy) is 1. The number of rotatable bonds is 46. The average molecular weight is 908 g/mol. The standard InChI is InChI=1S/C53H99N2O7P/c1-7-10-13-16-19-22-25-27-30-33-36-39-42-45-52(56)54-50(49-61-63(58,59)60-48-47-55(4,5)6)51(44-41-38-35-32-29-24-21-18-15-12-9-3)62-53(57)46-43-40-37-34-31-28-26-23-20-17-14-11-8-2/h27-28,30-31,36,39,41,44,50-51H,7-26,29,32-35,37-38,40,42-43,45-49H2,1-6H3,(H-,54,56,58,59)/p+1/b30-27-,31-28-,39-36+,44-41+. The number of quaternary nitrogens is 1. The van der Waals surface area contributed by atoms with Gasteiger partial charge in [0.05, 0.1) is 33.8 Å². The van der Waals surface area contributed by atoms with Crippen molar-refractivity contribution in [2.45, 2.75) is 238 Å². The van der Waals surface area contributed by atoms with Crippen molar-refractivity contribution in [3.63, 3.8) is 0 Å². The fourth-order valence-corrected chi connectivity index (χ4v) is 7.89. The minimum absolute atomic E-state index is 0.0286. The molecule has 0 heterocycles. The third-order valence-corrected chi connectivity index (χ3v) is 12.2. The summed E-state index contributed by atoms with van der Waals surface area (Å²) in [5.41, 5.74) is 0. The van der Waals surface area contributed by atoms with Gasteiger partial charge in [0, 0.05) is 12.8 Å². The number of hydrogen-bond acceptors (Lipinski definition) is 6. The monoisotopic (exact) mass is 908 g/mol. The van der Waals surface area contributed by atoms with Crippen LogP contribution in [0.3, 0.4) is 0 Å². The summed E-state index contributed by atoms with van der Waals surface area (Å²) in [4.78, 5) is 37.3. The maximum atomic E-state index is 13.4. The number of unbranched alkanes of at least 4 members (excludes halogenated alkanes) is 24. The molecule has 9 nitrogen and oxygen atoms in total. The number of allylic oxidation sites excluding steroid dienone is 7. The highest BCUT2D eigenvalue weighted by atomic mass is 31.2. The Balaban J connectivity index is 5.53. The largest absolute Gasteiger partial charge is 0.472 e. The molecule has 0 saturated heterocycles. The zero-order chi connectivity index (χ0) is 46.5. The predicted octanol–water partition coefficient (Wildman–Crippen LogP) is 15.0. The molecule has 0 aromatic carbocycles. The number of amides is 1. The first kappa shape index (κ1) is 61.0. The highest BCUT2D eigenvalue weighted by molar-refractivity contribution is 7.47. The van der Waals surface area contributed by atoms with Crippen molar-refractivity contribution in [3.8, 4) is 0 Å². The highest BCUT2D eigenvalue weighted by Gasteiger charge is 2.30. The van der Waals surface area contributed by atoms with E-state index in [-0.39, 0.29) is 37.9 Å². The normalized spacial score (nSPS) is 14.3. The smallest absolute Gasteiger partial charge is 0.456 e. The second-order valence-electron chi connectivity index (χ2n) is 18.7. The van der Waals surface area contributed by atoms with E-state index >= 15 is 0 Å². The minimum Gasteiger partial charge on any atom is -0.456 e. The number of nitrogens with one attached hydrogen (secondary N) is 1. The molecule has 0 aliphatic carbocycles. The third-order valence-electron chi connectivity index (χ3n) is 11.3. The lowest BCUT2D eigenvalue weighted by Gasteiger charge is -2.27. The fraction of sp³-hybridized carbons (Fsp3) is 0.811. The molecule has 0 aliphatic rings. The third kappa shape index (κ3) is 44.9. The van der Waals surface area contributed by atoms with Crippen LogP contribution in [0.2, 0.25) is 0 Å². The number of carbonyl (C=O) groups is 2. The quantitative estimate of drug-likeness (QED) is 0.0206. The van der Waals surface area contributed by atoms with Crippen molar-refractivity contribution in [2.75, 3.05) is 40.9 Å². The van der Waals surface area contributed by atoms with E-state index in [9.17, 15) is 19.0 Å². The Hall–Kier alpha value is -2.03. The van der Waals surface area contributed by atoms with Gasteiger partial charge in [0.15, 0.2) is 0 Å². The summed E-state index contributed by atoms with van der Waals surface area (Å²) in [6, 6.07) is -0.881. The molecule has 0 radical (unpaired) electrons. The lowest BCUT2D eigenvalue weighted by atomic mass is 10.1. The van der Waals surface area contributed by atoms with Crippen molar-refractivity contribution in [2.24, 2.45) is 0 Å². The van der Waals surface area contributed by atoms with Crippen LogP contribution in [-0.2, 0) is 27.9 Å². The molecule has 0 rings (SSSR count). The van der Waals surface area contributed by atoms with Crippen molar-refractivity contribution < 1.29 is 37.3 Å². The minimum atomic E-state index is -4.45. The number of phosphoric ester groups is 1. The van der Waals surface area contributed by atoms with Gasteiger partial charge in [-0.3, -0.25) is 18.6 Å². The van der Waals surface area contributed by atoms with E-state index in [4.69, 9.17) is 13.8 Å². The van der Waals surface area contributed by atoms with Crippen LogP contribution in [0.25, 0.3) is 0 Å². The Kier molecular flexibility index (Phi) is 42.4. The Morgan fingerprint density at radius 2 is 0.984 bits per heavy atom. The van der Waals surface area contributed by atoms with Gasteiger partial charge in [-0.15, -0.1) is 0 Å². The molecule has 0 saturated carbocycles. The van der Waals surface area contributed by atoms with Crippen LogP contribution in [0.15, 0.2) is 48.6 Å². The van der Waals surface area contributed by atoms with Crippen LogP contribution >= 0.6 is 7.82 Å². The van der Waals surface area contributed by atoms with Gasteiger partial charge < -0.3 is 19.4 Å². The van der Waals surface area contributed by atoms with E-state index in [1.165, 1.54) is 122 Å². The first-order valence-electron chi connectivity index (χ1n) is 26.0. The molecule has 0 aliphatic heterocycles. The highest BCUT2D eigenvalue weighted by Crippen LogP contribution is 2.43. The van der Waals surface area contributed by atoms with Crippen LogP contribution in [-0.4, -0.2) is 74.3 Å². The molecule has 0 spiro atoms. The Morgan fingerprint density at radius 3 is 1.48 bits per heavy atom. The van der Waals surface area contributed by atoms with Crippen LogP contribution < -0.4 is 5.32 Å². The second kappa shape index (κ2) is 43.8. The summed E-state index contributed by atoms with van der Waals surface area (Å²) >= 11 is 0. The lowest BCUT2D eigenvalue weighted by molar-refractivity contribution is -0.870. The summed E-state index contributed by atoms with van der Waals surface area (Å²) in [6.07, 6.45) is 51.2. The maximum absolute atomic E-state index is 13.4. The van der Waals surface area contributed by atoms with Crippen LogP contribution in [0.5, 0.6) is 0 Å². The van der Waals surface area contributed by atoms with Gasteiger partial charge in [0.25, 0.3) is 0 Å². The zero-order valence-electron chi connectivity index (χ0n) is 41.8. The Bertz CT molecular complexity index is 1230. The van der Waals surface area contributed by atoms with E-state index in [0.717, 1.165) is 57.8 Å². The molecule has 3 unspecified atom stereocenters. The first-order chi connectivity index (χ1) is 30.4. The SMILES string of the molecule is CCCCCCCC/C=C\C/C=C/CCC(=O)NC(COP(=O)(O)OCC[N+](C)(C)C)C(/C=C/CCCCCCCCCCC)OC(=O)CCCCC/C=C\CCCCCCCC. The van der Waals surface area contributed by atoms with Gasteiger partial charge in [-0.25, -0.2) is 4.57 Å². The van der Waals surface area contributed by atoms with Crippen molar-refractivity contribution in [1.29, 1.82) is 0 Å². The van der Waals surface area contributed by atoms with Crippen molar-refractivity contribution >= 4 is 19.7 Å². The van der Waals surface area contributed by atoms with E-state index in [1.807, 2.05) is 39.4 Å². The average Bonchev–Trinajstić information content (AvgIpc) is 3.23. The van der Waals surface area contributed by atoms with Gasteiger partial charge in [-0.05, 0) is 76.7 Å². The van der Waals surface area contributed by atoms with Crippen molar-refractivity contribution in [3.05, 3.63) is 48.6 Å². The van der Waals surface area contributed by atoms with Gasteiger partial charge in [-0.2, -0.15) is 0 Å². The van der Waals surface area contributed by atoms with E-state index in [0.29, 0.717) is 23.9 Å². The van der Waals surface area contributed by atoms with Gasteiger partial charge in [0.1, 0.15) is 19.3 Å². The number of esters is 1. The Labute approximate surface area is 388 Å². The molecule has 63 heavy (non-hydrogen) atoms. The number of hydrogen-bond donors (Lipinski definition) is 2. The molecular formula is C53H100N2O7P+. The van der Waals surface area contributed by atoms with Gasteiger partial charge in [0.2, 0.25) is 5.91 Å². The summed E-state index contributed by atoms with van der Waals surface area (Å²) in [6.45, 7) is 6.92. The zero-order valence-corrected chi connectivity index (χ0v) is 42.7. The molecule has 3 atom stereocenters. The molecule has 0 aromatic heterocycles. The molecule has 0 bridgehead atoms. The van der Waals surface area contributed by atoms with E-state index < -0.39 is 20.0 Å². The summed E-state index contributed by atoms with van der Waals surface area (Å²) in [5, 5.41) is 2.99. The molecule has 0 aromatic rings. The topological polar surface area (TPSA) is 111 Å². The van der Waals surface area contributed by atoms with Gasteiger partial charge >= 0.3 is 13.8 Å². The first-order valence-corrected chi connectivity index (χ1v) is 27.5. The van der Waals surface area contributed by atoms with Crippen LogP contribution in [0, 0.1) is 0 Å². The number of carbonyl (C=O) groups excluding carboxylic acids is 2. The Morgan fingerprint density at radius 1 is 0.556 bits per heavy atom. The summed E-state index contributed by atoms with van der Waals surface area (Å²) < 4.78 is 30.4. The van der Waals surface area contributed by atoms with Gasteiger partial charge in [-0.1, -0.05) is 185 Å². The van der Waals surface area contributed by atoms with E-state index in [2.05, 4.69) is 56.5 Å². The summed E-state index contributed by atoms with van der Waals surface area (Å²) in [7, 11) is 1.45. The fourth-order valence-electron chi connectivity index (χ4n) is 7.16. The molecule has 2 N–H and O–H groups in total. The lowest BCUT2D eigenvalue weighted by Crippen LogP contribution is -2.47. The van der Waals surface area contributed by atoms with Crippen molar-refractivity contribution in [1.82, 2.24) is 5.32 Å². The molecule has 368 valence electrons. The van der Waals surface area contributed by atoms with E-state index in [1.54, 1.807) is 0 Å². The summed E-state index contributed by atoms with van der Waals surface area (Å²) in [5.74, 6) is -0.604.